The average Bonchev–Trinajstić information content (AvgIpc) is 2.99. The Hall–Kier alpha value is -4.61. The molecule has 1 aliphatic heterocycles. The molecule has 5 rings (SSSR count). The predicted octanol–water partition coefficient (Wildman–Crippen LogP) is 4.79. The number of amides is 1. The number of hydrogen-bond donors (Lipinski definition) is 2. The van der Waals surface area contributed by atoms with Crippen LogP contribution >= 0.6 is 0 Å². The molecule has 3 N–H and O–H groups in total. The lowest BCUT2D eigenvalue weighted by Crippen LogP contribution is -2.50. The Balaban J connectivity index is 1.35. The number of carbonyl (C=O) groups is 1. The topological polar surface area (TPSA) is 115 Å². The van der Waals surface area contributed by atoms with Gasteiger partial charge in [-0.3, -0.25) is 9.78 Å². The summed E-state index contributed by atoms with van der Waals surface area (Å²) in [6.45, 7) is 1.07. The highest BCUT2D eigenvalue weighted by Crippen LogP contribution is 2.38. The summed E-state index contributed by atoms with van der Waals surface area (Å²) >= 11 is 0. The number of anilines is 2. The lowest BCUT2D eigenvalue weighted by molar-refractivity contribution is -0.141. The smallest absolute Gasteiger partial charge is 0.433 e. The number of ether oxygens (including phenoxy) is 2. The molecule has 42 heavy (non-hydrogen) atoms. The molecule has 2 aromatic heterocycles. The largest absolute Gasteiger partial charge is 0.493 e. The summed E-state index contributed by atoms with van der Waals surface area (Å²) in [4.78, 5) is 28.5. The Labute approximate surface area is 240 Å². The highest BCUT2D eigenvalue weighted by molar-refractivity contribution is 5.92. The second-order valence-corrected chi connectivity index (χ2v) is 10.3. The molecule has 9 nitrogen and oxygen atoms in total. The molecule has 3 heterocycles. The maximum atomic E-state index is 13.7. The molecule has 0 saturated carbocycles. The average molecular weight is 581 g/mol. The van der Waals surface area contributed by atoms with E-state index in [2.05, 4.69) is 15.3 Å². The van der Waals surface area contributed by atoms with Crippen LogP contribution in [0.4, 0.5) is 24.9 Å². The zero-order chi connectivity index (χ0) is 29.9. The van der Waals surface area contributed by atoms with Gasteiger partial charge >= 0.3 is 6.18 Å². The van der Waals surface area contributed by atoms with Gasteiger partial charge in [-0.2, -0.15) is 18.2 Å². The second-order valence-electron chi connectivity index (χ2n) is 10.3. The molecular formula is C30H31F3N6O3. The SMILES string of the molecule is COc1cc2nc(N3CCC(Cc4ccccc4)(C(=O)NCc4ccc(C(F)(F)F)nc4)CC3)nc(N)c2cc1OC. The summed E-state index contributed by atoms with van der Waals surface area (Å²) in [6.07, 6.45) is -1.86. The fourth-order valence-electron chi connectivity index (χ4n) is 5.28. The molecule has 0 bridgehead atoms. The summed E-state index contributed by atoms with van der Waals surface area (Å²) < 4.78 is 49.5. The molecule has 1 amide bonds. The maximum Gasteiger partial charge on any atom is 0.433 e. The highest BCUT2D eigenvalue weighted by atomic mass is 19.4. The van der Waals surface area contributed by atoms with E-state index in [1.165, 1.54) is 6.07 Å². The zero-order valence-electron chi connectivity index (χ0n) is 23.2. The number of rotatable bonds is 8. The molecule has 4 aromatic rings. The first-order valence-corrected chi connectivity index (χ1v) is 13.4. The number of nitrogens with two attached hydrogens (primary N) is 1. The van der Waals surface area contributed by atoms with Crippen molar-refractivity contribution in [1.82, 2.24) is 20.3 Å². The van der Waals surface area contributed by atoms with Gasteiger partial charge in [0.2, 0.25) is 11.9 Å². The Bertz CT molecular complexity index is 1560. The van der Waals surface area contributed by atoms with Crippen molar-refractivity contribution in [2.24, 2.45) is 5.41 Å². The number of alkyl halides is 3. The van der Waals surface area contributed by atoms with Gasteiger partial charge in [0.05, 0.1) is 25.2 Å². The molecule has 0 atom stereocenters. The minimum atomic E-state index is -4.52. The standard InChI is InChI=1S/C30H31F3N6O3/c1-41-23-14-21-22(15-24(23)42-2)37-28(38-26(21)34)39-12-10-29(11-13-39,16-19-6-4-3-5-7-19)27(40)36-18-20-8-9-25(35-17-20)30(31,32)33/h3-9,14-15,17H,10-13,16,18H2,1-2H3,(H,36,40)(H2,34,37,38). The summed E-state index contributed by atoms with van der Waals surface area (Å²) in [6, 6.07) is 15.5. The van der Waals surface area contributed by atoms with Crippen molar-refractivity contribution in [3.05, 3.63) is 77.6 Å². The molecular weight excluding hydrogens is 549 g/mol. The van der Waals surface area contributed by atoms with E-state index in [1.807, 2.05) is 35.2 Å². The van der Waals surface area contributed by atoms with Gasteiger partial charge in [0.1, 0.15) is 11.5 Å². The van der Waals surface area contributed by atoms with Gasteiger partial charge in [0, 0.05) is 37.3 Å². The lowest BCUT2D eigenvalue weighted by atomic mass is 9.73. The Morgan fingerprint density at radius 2 is 1.69 bits per heavy atom. The van der Waals surface area contributed by atoms with Crippen molar-refractivity contribution in [2.45, 2.75) is 32.0 Å². The first-order valence-electron chi connectivity index (χ1n) is 13.4. The van der Waals surface area contributed by atoms with Gasteiger partial charge in [-0.25, -0.2) is 4.98 Å². The minimum absolute atomic E-state index is 0.0693. The van der Waals surface area contributed by atoms with Crippen molar-refractivity contribution >= 4 is 28.6 Å². The van der Waals surface area contributed by atoms with Crippen LogP contribution < -0.4 is 25.4 Å². The molecule has 1 aliphatic rings. The fourth-order valence-corrected chi connectivity index (χ4v) is 5.28. The van der Waals surface area contributed by atoms with E-state index in [0.717, 1.165) is 17.8 Å². The van der Waals surface area contributed by atoms with Gasteiger partial charge < -0.3 is 25.4 Å². The van der Waals surface area contributed by atoms with Crippen molar-refractivity contribution in [1.29, 1.82) is 0 Å². The van der Waals surface area contributed by atoms with Crippen LogP contribution in [0.15, 0.2) is 60.8 Å². The Morgan fingerprint density at radius 1 is 1.00 bits per heavy atom. The molecule has 0 aliphatic carbocycles. The Morgan fingerprint density at radius 3 is 2.31 bits per heavy atom. The van der Waals surface area contributed by atoms with E-state index in [4.69, 9.17) is 20.2 Å². The minimum Gasteiger partial charge on any atom is -0.493 e. The van der Waals surface area contributed by atoms with E-state index < -0.39 is 17.3 Å². The molecule has 0 radical (unpaired) electrons. The van der Waals surface area contributed by atoms with E-state index in [1.54, 1.807) is 26.4 Å². The van der Waals surface area contributed by atoms with Crippen molar-refractivity contribution < 1.29 is 27.4 Å². The number of benzene rings is 2. The molecule has 0 spiro atoms. The maximum absolute atomic E-state index is 13.7. The zero-order valence-corrected chi connectivity index (χ0v) is 23.2. The van der Waals surface area contributed by atoms with Crippen LogP contribution in [0.2, 0.25) is 0 Å². The monoisotopic (exact) mass is 580 g/mol. The number of carbonyl (C=O) groups excluding carboxylic acids is 1. The van der Waals surface area contributed by atoms with Crippen LogP contribution in [0.3, 0.4) is 0 Å². The molecule has 2 aromatic carbocycles. The number of piperidine rings is 1. The molecule has 0 unspecified atom stereocenters. The van der Waals surface area contributed by atoms with E-state index in [0.29, 0.717) is 72.1 Å². The summed E-state index contributed by atoms with van der Waals surface area (Å²) in [5, 5.41) is 3.59. The van der Waals surface area contributed by atoms with Crippen LogP contribution in [0, 0.1) is 5.41 Å². The number of nitrogens with one attached hydrogen (secondary N) is 1. The first-order chi connectivity index (χ1) is 20.1. The molecule has 1 fully saturated rings. The Kier molecular flexibility index (Phi) is 8.06. The third-order valence-electron chi connectivity index (χ3n) is 7.66. The van der Waals surface area contributed by atoms with E-state index in [9.17, 15) is 18.0 Å². The number of pyridine rings is 1. The van der Waals surface area contributed by atoms with E-state index in [-0.39, 0.29) is 12.5 Å². The van der Waals surface area contributed by atoms with Gasteiger partial charge in [0.15, 0.2) is 11.5 Å². The number of hydrogen-bond acceptors (Lipinski definition) is 8. The fraction of sp³-hybridized carbons (Fsp3) is 0.333. The van der Waals surface area contributed by atoms with Crippen LogP contribution in [0.25, 0.3) is 10.9 Å². The molecule has 12 heteroatoms. The normalized spacial score (nSPS) is 14.9. The molecule has 1 saturated heterocycles. The van der Waals surface area contributed by atoms with Gasteiger partial charge in [-0.05, 0) is 42.5 Å². The van der Waals surface area contributed by atoms with Crippen molar-refractivity contribution in [2.75, 3.05) is 37.9 Å². The van der Waals surface area contributed by atoms with Crippen molar-refractivity contribution in [3.63, 3.8) is 0 Å². The van der Waals surface area contributed by atoms with Crippen molar-refractivity contribution in [3.8, 4) is 11.5 Å². The second kappa shape index (κ2) is 11.7. The number of fused-ring (bicyclic) bond motifs is 1. The summed E-state index contributed by atoms with van der Waals surface area (Å²) in [5.74, 6) is 1.64. The number of methoxy groups -OCH3 is 2. The van der Waals surface area contributed by atoms with Crippen LogP contribution in [-0.4, -0.2) is 48.2 Å². The van der Waals surface area contributed by atoms with Crippen LogP contribution in [-0.2, 0) is 23.9 Å². The number of halogens is 3. The van der Waals surface area contributed by atoms with Crippen LogP contribution in [0.1, 0.15) is 29.7 Å². The first kappa shape index (κ1) is 28.9. The third kappa shape index (κ3) is 6.02. The lowest BCUT2D eigenvalue weighted by Gasteiger charge is -2.41. The quantitative estimate of drug-likeness (QED) is 0.306. The molecule has 220 valence electrons. The summed E-state index contributed by atoms with van der Waals surface area (Å²) in [5.41, 5.74) is 6.70. The number of aromatic nitrogens is 3. The third-order valence-corrected chi connectivity index (χ3v) is 7.66. The predicted molar refractivity (Wildman–Crippen MR) is 152 cm³/mol. The van der Waals surface area contributed by atoms with E-state index >= 15 is 0 Å². The van der Waals surface area contributed by atoms with Gasteiger partial charge in [-0.15, -0.1) is 0 Å². The van der Waals surface area contributed by atoms with Gasteiger partial charge in [-0.1, -0.05) is 36.4 Å². The van der Waals surface area contributed by atoms with Crippen LogP contribution in [0.5, 0.6) is 11.5 Å². The number of nitrogen functional groups attached to an aromatic ring is 1. The number of nitrogens with zero attached hydrogens (tertiary/aromatic N) is 4. The van der Waals surface area contributed by atoms with Gasteiger partial charge in [0.25, 0.3) is 0 Å². The highest BCUT2D eigenvalue weighted by Gasteiger charge is 2.42. The summed E-state index contributed by atoms with van der Waals surface area (Å²) in [7, 11) is 3.09.